The Bertz CT molecular complexity index is 211. The summed E-state index contributed by atoms with van der Waals surface area (Å²) in [6.45, 7) is 3.71. The molecule has 1 aliphatic carbocycles. The third kappa shape index (κ3) is 1.92. The molecule has 1 saturated carbocycles. The lowest BCUT2D eigenvalue weighted by atomic mass is 10.1. The Labute approximate surface area is 85.8 Å². The molecule has 1 unspecified atom stereocenters. The smallest absolute Gasteiger partial charge is 0.237 e. The molecule has 1 amide bonds. The van der Waals surface area contributed by atoms with Crippen molar-refractivity contribution in [3.05, 3.63) is 0 Å². The van der Waals surface area contributed by atoms with Crippen molar-refractivity contribution in [1.29, 1.82) is 0 Å². The van der Waals surface area contributed by atoms with Crippen LogP contribution in [0.1, 0.15) is 39.0 Å². The van der Waals surface area contributed by atoms with Crippen molar-refractivity contribution >= 4 is 5.91 Å². The second kappa shape index (κ2) is 4.30. The Balaban J connectivity index is 2.06. The molecule has 0 aromatic heterocycles. The van der Waals surface area contributed by atoms with Crippen LogP contribution in [0.2, 0.25) is 0 Å². The summed E-state index contributed by atoms with van der Waals surface area (Å²) in [7, 11) is 0. The van der Waals surface area contributed by atoms with Crippen LogP contribution < -0.4 is 5.32 Å². The SMILES string of the molecule is CC1CCNCC(=O)N1C1CCCC1. The van der Waals surface area contributed by atoms with Gasteiger partial charge in [0.25, 0.3) is 0 Å². The van der Waals surface area contributed by atoms with Gasteiger partial charge in [0.2, 0.25) is 5.91 Å². The largest absolute Gasteiger partial charge is 0.336 e. The topological polar surface area (TPSA) is 32.3 Å². The van der Waals surface area contributed by atoms with Crippen LogP contribution in [-0.2, 0) is 4.79 Å². The van der Waals surface area contributed by atoms with E-state index in [0.717, 1.165) is 13.0 Å². The molecule has 0 bridgehead atoms. The van der Waals surface area contributed by atoms with Crippen LogP contribution in [0.25, 0.3) is 0 Å². The normalized spacial score (nSPS) is 30.8. The van der Waals surface area contributed by atoms with Crippen LogP contribution in [0.15, 0.2) is 0 Å². The maximum absolute atomic E-state index is 11.9. The van der Waals surface area contributed by atoms with Gasteiger partial charge >= 0.3 is 0 Å². The molecule has 2 rings (SSSR count). The van der Waals surface area contributed by atoms with Gasteiger partial charge < -0.3 is 10.2 Å². The highest BCUT2D eigenvalue weighted by Gasteiger charge is 2.31. The molecule has 3 heteroatoms. The zero-order chi connectivity index (χ0) is 9.97. The molecule has 1 atom stereocenters. The lowest BCUT2D eigenvalue weighted by molar-refractivity contribution is -0.133. The molecule has 1 saturated heterocycles. The predicted octanol–water partition coefficient (Wildman–Crippen LogP) is 1.14. The van der Waals surface area contributed by atoms with Crippen LogP contribution in [-0.4, -0.2) is 36.0 Å². The fourth-order valence-corrected chi connectivity index (χ4v) is 2.73. The minimum atomic E-state index is 0.307. The molecule has 14 heavy (non-hydrogen) atoms. The minimum absolute atomic E-state index is 0.307. The summed E-state index contributed by atoms with van der Waals surface area (Å²) in [5.41, 5.74) is 0. The number of nitrogens with one attached hydrogen (secondary N) is 1. The molecule has 0 spiro atoms. The standard InChI is InChI=1S/C11H20N2O/c1-9-6-7-12-8-11(14)13(9)10-4-2-3-5-10/h9-10,12H,2-8H2,1H3. The fourth-order valence-electron chi connectivity index (χ4n) is 2.73. The number of rotatable bonds is 1. The molecule has 3 nitrogen and oxygen atoms in total. The third-order valence-electron chi connectivity index (χ3n) is 3.50. The van der Waals surface area contributed by atoms with E-state index in [1.807, 2.05) is 0 Å². The predicted molar refractivity (Wildman–Crippen MR) is 56.1 cm³/mol. The van der Waals surface area contributed by atoms with Gasteiger partial charge in [0.05, 0.1) is 6.54 Å². The van der Waals surface area contributed by atoms with Crippen molar-refractivity contribution < 1.29 is 4.79 Å². The van der Waals surface area contributed by atoms with E-state index in [2.05, 4.69) is 17.1 Å². The zero-order valence-electron chi connectivity index (χ0n) is 8.96. The Kier molecular flexibility index (Phi) is 3.06. The molecule has 0 aromatic rings. The average molecular weight is 196 g/mol. The highest BCUT2D eigenvalue weighted by molar-refractivity contribution is 5.79. The lowest BCUT2D eigenvalue weighted by Gasteiger charge is -2.32. The van der Waals surface area contributed by atoms with Crippen molar-refractivity contribution in [3.63, 3.8) is 0 Å². The summed E-state index contributed by atoms with van der Waals surface area (Å²) in [4.78, 5) is 14.0. The van der Waals surface area contributed by atoms with Gasteiger partial charge in [-0.2, -0.15) is 0 Å². The molecule has 2 aliphatic rings. The molecule has 1 aliphatic heterocycles. The summed E-state index contributed by atoms with van der Waals surface area (Å²) in [5.74, 6) is 0.307. The van der Waals surface area contributed by atoms with Crippen LogP contribution >= 0.6 is 0 Å². The Hall–Kier alpha value is -0.570. The van der Waals surface area contributed by atoms with Gasteiger partial charge in [-0.3, -0.25) is 4.79 Å². The van der Waals surface area contributed by atoms with Crippen LogP contribution in [0.4, 0.5) is 0 Å². The van der Waals surface area contributed by atoms with E-state index in [1.165, 1.54) is 25.7 Å². The number of hydrogen-bond donors (Lipinski definition) is 1. The van der Waals surface area contributed by atoms with E-state index < -0.39 is 0 Å². The first-order chi connectivity index (χ1) is 6.79. The Morgan fingerprint density at radius 1 is 1.29 bits per heavy atom. The lowest BCUT2D eigenvalue weighted by Crippen LogP contribution is -2.45. The molecular formula is C11H20N2O. The van der Waals surface area contributed by atoms with Gasteiger partial charge in [-0.25, -0.2) is 0 Å². The van der Waals surface area contributed by atoms with E-state index >= 15 is 0 Å². The van der Waals surface area contributed by atoms with Crippen LogP contribution in [0.5, 0.6) is 0 Å². The van der Waals surface area contributed by atoms with Gasteiger partial charge in [-0.1, -0.05) is 12.8 Å². The monoisotopic (exact) mass is 196 g/mol. The first-order valence-corrected chi connectivity index (χ1v) is 5.81. The van der Waals surface area contributed by atoms with Crippen molar-refractivity contribution in [2.75, 3.05) is 13.1 Å². The highest BCUT2D eigenvalue weighted by atomic mass is 16.2. The molecule has 1 heterocycles. The first-order valence-electron chi connectivity index (χ1n) is 5.81. The summed E-state index contributed by atoms with van der Waals surface area (Å²) >= 11 is 0. The second-order valence-electron chi connectivity index (χ2n) is 4.55. The van der Waals surface area contributed by atoms with Gasteiger partial charge in [-0.05, 0) is 32.7 Å². The van der Waals surface area contributed by atoms with Gasteiger partial charge in [-0.15, -0.1) is 0 Å². The van der Waals surface area contributed by atoms with E-state index in [1.54, 1.807) is 0 Å². The van der Waals surface area contributed by atoms with E-state index in [-0.39, 0.29) is 0 Å². The van der Waals surface area contributed by atoms with Crippen molar-refractivity contribution in [1.82, 2.24) is 10.2 Å². The van der Waals surface area contributed by atoms with Crippen LogP contribution in [0.3, 0.4) is 0 Å². The van der Waals surface area contributed by atoms with E-state index in [9.17, 15) is 4.79 Å². The maximum Gasteiger partial charge on any atom is 0.237 e. The molecule has 2 fully saturated rings. The molecular weight excluding hydrogens is 176 g/mol. The van der Waals surface area contributed by atoms with Crippen molar-refractivity contribution in [3.8, 4) is 0 Å². The summed E-state index contributed by atoms with van der Waals surface area (Å²) in [6.07, 6.45) is 6.14. The average Bonchev–Trinajstić information content (AvgIpc) is 2.61. The van der Waals surface area contributed by atoms with Gasteiger partial charge in [0, 0.05) is 12.1 Å². The van der Waals surface area contributed by atoms with Crippen molar-refractivity contribution in [2.24, 2.45) is 0 Å². The number of carbonyl (C=O) groups is 1. The fraction of sp³-hybridized carbons (Fsp3) is 0.909. The molecule has 0 radical (unpaired) electrons. The summed E-state index contributed by atoms with van der Waals surface area (Å²) in [5, 5.41) is 3.19. The quantitative estimate of drug-likeness (QED) is 0.682. The second-order valence-corrected chi connectivity index (χ2v) is 4.55. The highest BCUT2D eigenvalue weighted by Crippen LogP contribution is 2.26. The third-order valence-corrected chi connectivity index (χ3v) is 3.50. The van der Waals surface area contributed by atoms with E-state index in [0.29, 0.717) is 24.5 Å². The Morgan fingerprint density at radius 2 is 2.00 bits per heavy atom. The van der Waals surface area contributed by atoms with Crippen LogP contribution in [0, 0.1) is 0 Å². The number of carbonyl (C=O) groups excluding carboxylic acids is 1. The maximum atomic E-state index is 11.9. The van der Waals surface area contributed by atoms with Crippen molar-refractivity contribution in [2.45, 2.75) is 51.1 Å². The first kappa shape index (κ1) is 9.97. The summed E-state index contributed by atoms with van der Waals surface area (Å²) in [6, 6.07) is 0.970. The molecule has 80 valence electrons. The number of nitrogens with zero attached hydrogens (tertiary/aromatic N) is 1. The number of amides is 1. The Morgan fingerprint density at radius 3 is 2.71 bits per heavy atom. The zero-order valence-corrected chi connectivity index (χ0v) is 8.96. The summed E-state index contributed by atoms with van der Waals surface area (Å²) < 4.78 is 0. The number of hydrogen-bond acceptors (Lipinski definition) is 2. The van der Waals surface area contributed by atoms with Gasteiger partial charge in [0.15, 0.2) is 0 Å². The van der Waals surface area contributed by atoms with Gasteiger partial charge in [0.1, 0.15) is 0 Å². The minimum Gasteiger partial charge on any atom is -0.336 e. The molecule has 0 aromatic carbocycles. The van der Waals surface area contributed by atoms with E-state index in [4.69, 9.17) is 0 Å². The molecule has 1 N–H and O–H groups in total.